The molecule has 0 radical (unpaired) electrons. The third-order valence-corrected chi connectivity index (χ3v) is 3.74. The lowest BCUT2D eigenvalue weighted by atomic mass is 9.87. The summed E-state index contributed by atoms with van der Waals surface area (Å²) < 4.78 is 1.92. The van der Waals surface area contributed by atoms with Gasteiger partial charge in [0.25, 0.3) is 0 Å². The fraction of sp³-hybridized carbons (Fsp3) is 0.400. The van der Waals surface area contributed by atoms with E-state index in [1.54, 1.807) is 6.07 Å². The molecule has 19 heavy (non-hydrogen) atoms. The number of anilines is 1. The maximum Gasteiger partial charge on any atom is 0.115 e. The molecule has 3 rings (SSSR count). The van der Waals surface area contributed by atoms with E-state index in [-0.39, 0.29) is 0 Å². The van der Waals surface area contributed by atoms with Crippen molar-refractivity contribution >= 4 is 5.69 Å². The number of nitrogens with zero attached hydrogens (tertiary/aromatic N) is 2. The van der Waals surface area contributed by atoms with Gasteiger partial charge < -0.3 is 10.4 Å². The summed E-state index contributed by atoms with van der Waals surface area (Å²) in [5.41, 5.74) is 3.62. The van der Waals surface area contributed by atoms with Crippen molar-refractivity contribution in [3.05, 3.63) is 41.7 Å². The molecule has 4 heteroatoms. The highest BCUT2D eigenvalue weighted by atomic mass is 16.3. The molecule has 1 unspecified atom stereocenters. The van der Waals surface area contributed by atoms with E-state index in [9.17, 15) is 5.11 Å². The second kappa shape index (κ2) is 4.96. The van der Waals surface area contributed by atoms with Gasteiger partial charge in [0.2, 0.25) is 0 Å². The van der Waals surface area contributed by atoms with Crippen LogP contribution in [0.25, 0.3) is 0 Å². The molecule has 2 N–H and O–H groups in total. The summed E-state index contributed by atoms with van der Waals surface area (Å²) in [7, 11) is 0. The van der Waals surface area contributed by atoms with Gasteiger partial charge in [-0.1, -0.05) is 6.07 Å². The van der Waals surface area contributed by atoms with Gasteiger partial charge in [-0.3, -0.25) is 4.68 Å². The Kier molecular flexibility index (Phi) is 3.15. The van der Waals surface area contributed by atoms with Crippen molar-refractivity contribution in [3.8, 4) is 5.75 Å². The number of benzene rings is 1. The first-order valence-electron chi connectivity index (χ1n) is 6.87. The van der Waals surface area contributed by atoms with E-state index in [1.165, 1.54) is 11.1 Å². The van der Waals surface area contributed by atoms with Crippen molar-refractivity contribution in [2.45, 2.75) is 38.8 Å². The number of phenols is 1. The second-order valence-corrected chi connectivity index (χ2v) is 5.06. The number of fused-ring (bicyclic) bond motifs is 1. The average molecular weight is 257 g/mol. The number of phenolic OH excluding ortho intramolecular Hbond substituents is 1. The monoisotopic (exact) mass is 257 g/mol. The Labute approximate surface area is 113 Å². The van der Waals surface area contributed by atoms with E-state index >= 15 is 0 Å². The van der Waals surface area contributed by atoms with Gasteiger partial charge >= 0.3 is 0 Å². The highest BCUT2D eigenvalue weighted by Gasteiger charge is 2.20. The minimum Gasteiger partial charge on any atom is -0.508 e. The second-order valence-electron chi connectivity index (χ2n) is 5.06. The molecular formula is C15H19N3O. The van der Waals surface area contributed by atoms with Crippen molar-refractivity contribution < 1.29 is 5.11 Å². The standard InChI is InChI=1S/C15H19N3O/c1-2-18-10-12(9-16-18)17-15-5-3-4-11-8-13(19)6-7-14(11)15/h6-10,15,17,19H,2-5H2,1H3. The minimum atomic E-state index is 0.318. The molecule has 0 spiro atoms. The molecule has 0 amide bonds. The third kappa shape index (κ3) is 2.43. The van der Waals surface area contributed by atoms with Crippen LogP contribution in [0, 0.1) is 0 Å². The van der Waals surface area contributed by atoms with Crippen LogP contribution in [0.2, 0.25) is 0 Å². The third-order valence-electron chi connectivity index (χ3n) is 3.74. The van der Waals surface area contributed by atoms with Gasteiger partial charge in [0.15, 0.2) is 0 Å². The number of aryl methyl sites for hydroxylation is 2. The lowest BCUT2D eigenvalue weighted by Crippen LogP contribution is -2.17. The van der Waals surface area contributed by atoms with E-state index in [2.05, 4.69) is 17.3 Å². The summed E-state index contributed by atoms with van der Waals surface area (Å²) >= 11 is 0. The fourth-order valence-electron chi connectivity index (χ4n) is 2.76. The number of nitrogens with one attached hydrogen (secondary N) is 1. The number of aromatic hydroxyl groups is 1. The number of rotatable bonds is 3. The Bertz CT molecular complexity index is 577. The Morgan fingerprint density at radius 1 is 1.47 bits per heavy atom. The Morgan fingerprint density at radius 3 is 3.16 bits per heavy atom. The van der Waals surface area contributed by atoms with Gasteiger partial charge in [-0.25, -0.2) is 0 Å². The lowest BCUT2D eigenvalue weighted by molar-refractivity contribution is 0.472. The van der Waals surface area contributed by atoms with E-state index in [4.69, 9.17) is 0 Å². The molecule has 4 nitrogen and oxygen atoms in total. The number of hydrogen-bond acceptors (Lipinski definition) is 3. The minimum absolute atomic E-state index is 0.318. The van der Waals surface area contributed by atoms with Crippen LogP contribution >= 0.6 is 0 Å². The maximum absolute atomic E-state index is 9.57. The van der Waals surface area contributed by atoms with Gasteiger partial charge in [0.05, 0.1) is 17.9 Å². The van der Waals surface area contributed by atoms with Gasteiger partial charge in [0.1, 0.15) is 5.75 Å². The molecule has 1 aromatic carbocycles. The molecule has 0 saturated heterocycles. The Morgan fingerprint density at radius 2 is 2.37 bits per heavy atom. The molecule has 1 aromatic heterocycles. The highest BCUT2D eigenvalue weighted by Crippen LogP contribution is 2.34. The normalized spacial score (nSPS) is 18.1. The number of aromatic nitrogens is 2. The predicted octanol–water partition coefficient (Wildman–Crippen LogP) is 3.10. The van der Waals surface area contributed by atoms with Crippen LogP contribution in [-0.4, -0.2) is 14.9 Å². The Balaban J connectivity index is 1.83. The molecule has 0 saturated carbocycles. The molecule has 1 atom stereocenters. The molecule has 0 fully saturated rings. The quantitative estimate of drug-likeness (QED) is 0.888. The van der Waals surface area contributed by atoms with Crippen molar-refractivity contribution in [2.75, 3.05) is 5.32 Å². The van der Waals surface area contributed by atoms with E-state index < -0.39 is 0 Å². The highest BCUT2D eigenvalue weighted by molar-refractivity contribution is 5.46. The van der Waals surface area contributed by atoms with Crippen LogP contribution in [0.3, 0.4) is 0 Å². The zero-order valence-corrected chi connectivity index (χ0v) is 11.1. The topological polar surface area (TPSA) is 50.1 Å². The van der Waals surface area contributed by atoms with Gasteiger partial charge in [0, 0.05) is 12.7 Å². The smallest absolute Gasteiger partial charge is 0.115 e. The lowest BCUT2D eigenvalue weighted by Gasteiger charge is -2.26. The summed E-state index contributed by atoms with van der Waals surface area (Å²) in [5, 5.41) is 17.4. The van der Waals surface area contributed by atoms with Crippen molar-refractivity contribution in [1.29, 1.82) is 0 Å². The molecule has 100 valence electrons. The number of hydrogen-bond donors (Lipinski definition) is 2. The largest absolute Gasteiger partial charge is 0.508 e. The summed E-state index contributed by atoms with van der Waals surface area (Å²) in [6.07, 6.45) is 7.23. The van der Waals surface area contributed by atoms with Crippen LogP contribution in [0.4, 0.5) is 5.69 Å². The molecule has 2 aromatic rings. The van der Waals surface area contributed by atoms with Crippen molar-refractivity contribution in [2.24, 2.45) is 0 Å². The average Bonchev–Trinajstić information content (AvgIpc) is 2.86. The zero-order valence-electron chi connectivity index (χ0n) is 11.1. The fourth-order valence-corrected chi connectivity index (χ4v) is 2.76. The Hall–Kier alpha value is -1.97. The van der Waals surface area contributed by atoms with Gasteiger partial charge in [-0.15, -0.1) is 0 Å². The van der Waals surface area contributed by atoms with Gasteiger partial charge in [-0.05, 0) is 49.4 Å². The molecule has 1 heterocycles. The van der Waals surface area contributed by atoms with E-state index in [0.29, 0.717) is 11.8 Å². The summed E-state index contributed by atoms with van der Waals surface area (Å²) in [5.74, 6) is 0.359. The van der Waals surface area contributed by atoms with Crippen LogP contribution < -0.4 is 5.32 Å². The molecular weight excluding hydrogens is 238 g/mol. The van der Waals surface area contributed by atoms with Gasteiger partial charge in [-0.2, -0.15) is 5.10 Å². The molecule has 1 aliphatic rings. The maximum atomic E-state index is 9.57. The first kappa shape index (κ1) is 12.1. The van der Waals surface area contributed by atoms with Crippen molar-refractivity contribution in [3.63, 3.8) is 0 Å². The van der Waals surface area contributed by atoms with Crippen molar-refractivity contribution in [1.82, 2.24) is 9.78 Å². The first-order valence-corrected chi connectivity index (χ1v) is 6.87. The molecule has 1 aliphatic carbocycles. The first-order chi connectivity index (χ1) is 9.26. The zero-order chi connectivity index (χ0) is 13.2. The summed E-state index contributed by atoms with van der Waals surface area (Å²) in [6, 6.07) is 6.01. The van der Waals surface area contributed by atoms with E-state index in [0.717, 1.165) is 31.5 Å². The molecule has 0 bridgehead atoms. The molecule has 0 aliphatic heterocycles. The van der Waals surface area contributed by atoms with Crippen LogP contribution in [-0.2, 0) is 13.0 Å². The van der Waals surface area contributed by atoms with Crippen LogP contribution in [0.1, 0.15) is 36.9 Å². The van der Waals surface area contributed by atoms with Crippen LogP contribution in [0.5, 0.6) is 5.75 Å². The SMILES string of the molecule is CCn1cc(NC2CCCc3cc(O)ccc32)cn1. The summed E-state index contributed by atoms with van der Waals surface area (Å²) in [4.78, 5) is 0. The van der Waals surface area contributed by atoms with Crippen LogP contribution in [0.15, 0.2) is 30.6 Å². The van der Waals surface area contributed by atoms with E-state index in [1.807, 2.05) is 29.2 Å². The predicted molar refractivity (Wildman–Crippen MR) is 75.3 cm³/mol. The summed E-state index contributed by atoms with van der Waals surface area (Å²) in [6.45, 7) is 2.96.